The average molecular weight is 424 g/mol. The van der Waals surface area contributed by atoms with Crippen molar-refractivity contribution < 1.29 is 9.53 Å². The predicted molar refractivity (Wildman–Crippen MR) is 82.7 cm³/mol. The minimum absolute atomic E-state index is 0.110. The molecule has 1 saturated heterocycles. The predicted octanol–water partition coefficient (Wildman–Crippen LogP) is 3.16. The van der Waals surface area contributed by atoms with Gasteiger partial charge < -0.3 is 9.64 Å². The molecular weight excluding hydrogens is 409 g/mol. The van der Waals surface area contributed by atoms with E-state index < -0.39 is 0 Å². The summed E-state index contributed by atoms with van der Waals surface area (Å²) in [6.45, 7) is 2.35. The number of carbonyl (C=O) groups is 1. The third-order valence-corrected chi connectivity index (χ3v) is 4.50. The van der Waals surface area contributed by atoms with Gasteiger partial charge in [0.2, 0.25) is 0 Å². The molecule has 0 aromatic heterocycles. The Bertz CT molecular complexity index is 453. The normalized spacial score (nSPS) is 19.3. The standard InChI is InChI=1S/C13H15BrINO2/c1-18-8-9-4-5-16(7-9)13(17)11-6-10(15)2-3-12(11)14/h2-3,6,9H,4-5,7-8H2,1H3. The maximum Gasteiger partial charge on any atom is 0.255 e. The van der Waals surface area contributed by atoms with Crippen LogP contribution in [0.25, 0.3) is 0 Å². The van der Waals surface area contributed by atoms with Crippen LogP contribution in [-0.4, -0.2) is 37.6 Å². The van der Waals surface area contributed by atoms with Crippen molar-refractivity contribution in [3.63, 3.8) is 0 Å². The van der Waals surface area contributed by atoms with Crippen molar-refractivity contribution in [3.8, 4) is 0 Å². The number of ether oxygens (including phenoxy) is 1. The molecule has 1 aliphatic rings. The molecule has 0 N–H and O–H groups in total. The summed E-state index contributed by atoms with van der Waals surface area (Å²) in [5, 5.41) is 0. The number of hydrogen-bond donors (Lipinski definition) is 0. The van der Waals surface area contributed by atoms with Gasteiger partial charge in [0.15, 0.2) is 0 Å². The summed E-state index contributed by atoms with van der Waals surface area (Å²) in [5.41, 5.74) is 0.750. The van der Waals surface area contributed by atoms with Gasteiger partial charge in [0.25, 0.3) is 5.91 Å². The van der Waals surface area contributed by atoms with Gasteiger partial charge in [0.1, 0.15) is 0 Å². The lowest BCUT2D eigenvalue weighted by Crippen LogP contribution is -2.29. The van der Waals surface area contributed by atoms with Crippen LogP contribution in [0.4, 0.5) is 0 Å². The highest BCUT2D eigenvalue weighted by molar-refractivity contribution is 14.1. The fourth-order valence-electron chi connectivity index (χ4n) is 2.22. The van der Waals surface area contributed by atoms with E-state index in [-0.39, 0.29) is 5.91 Å². The van der Waals surface area contributed by atoms with Crippen LogP contribution in [0.3, 0.4) is 0 Å². The van der Waals surface area contributed by atoms with Crippen LogP contribution in [0.15, 0.2) is 22.7 Å². The van der Waals surface area contributed by atoms with Gasteiger partial charge in [-0.15, -0.1) is 0 Å². The van der Waals surface area contributed by atoms with Crippen molar-refractivity contribution in [3.05, 3.63) is 31.8 Å². The van der Waals surface area contributed by atoms with Gasteiger partial charge in [-0.05, 0) is 63.1 Å². The van der Waals surface area contributed by atoms with Gasteiger partial charge in [0.05, 0.1) is 12.2 Å². The third kappa shape index (κ3) is 3.24. The first-order valence-corrected chi connectivity index (χ1v) is 7.72. The van der Waals surface area contributed by atoms with Gasteiger partial charge >= 0.3 is 0 Å². The number of likely N-dealkylation sites (tertiary alicyclic amines) is 1. The molecular formula is C13H15BrINO2. The molecule has 1 amide bonds. The van der Waals surface area contributed by atoms with E-state index in [4.69, 9.17) is 4.74 Å². The molecule has 1 aromatic rings. The van der Waals surface area contributed by atoms with E-state index in [2.05, 4.69) is 38.5 Å². The summed E-state index contributed by atoms with van der Waals surface area (Å²) in [6, 6.07) is 5.84. The fraction of sp³-hybridized carbons (Fsp3) is 0.462. The quantitative estimate of drug-likeness (QED) is 0.699. The fourth-order valence-corrected chi connectivity index (χ4v) is 3.13. The third-order valence-electron chi connectivity index (χ3n) is 3.13. The molecule has 0 radical (unpaired) electrons. The molecule has 98 valence electrons. The molecule has 1 aromatic carbocycles. The maximum absolute atomic E-state index is 12.4. The van der Waals surface area contributed by atoms with E-state index in [9.17, 15) is 4.79 Å². The van der Waals surface area contributed by atoms with Gasteiger partial charge in [-0.2, -0.15) is 0 Å². The van der Waals surface area contributed by atoms with Crippen molar-refractivity contribution in [2.75, 3.05) is 26.8 Å². The molecule has 0 spiro atoms. The monoisotopic (exact) mass is 423 g/mol. The molecule has 0 aliphatic carbocycles. The molecule has 3 nitrogen and oxygen atoms in total. The first-order chi connectivity index (χ1) is 8.61. The largest absolute Gasteiger partial charge is 0.384 e. The first kappa shape index (κ1) is 14.3. The molecule has 1 unspecified atom stereocenters. The van der Waals surface area contributed by atoms with Crippen molar-refractivity contribution >= 4 is 44.4 Å². The number of nitrogens with zero attached hydrogens (tertiary/aromatic N) is 1. The molecule has 1 aliphatic heterocycles. The number of methoxy groups -OCH3 is 1. The second kappa shape index (κ2) is 6.34. The molecule has 1 heterocycles. The molecule has 0 bridgehead atoms. The van der Waals surface area contributed by atoms with E-state index in [1.807, 2.05) is 23.1 Å². The number of amides is 1. The second-order valence-electron chi connectivity index (χ2n) is 4.49. The van der Waals surface area contributed by atoms with E-state index in [1.54, 1.807) is 7.11 Å². The smallest absolute Gasteiger partial charge is 0.255 e. The molecule has 2 rings (SSSR count). The van der Waals surface area contributed by atoms with Crippen molar-refractivity contribution in [2.45, 2.75) is 6.42 Å². The van der Waals surface area contributed by atoms with Crippen molar-refractivity contribution in [2.24, 2.45) is 5.92 Å². The molecule has 0 saturated carbocycles. The van der Waals surface area contributed by atoms with E-state index >= 15 is 0 Å². The Labute approximate surface area is 129 Å². The summed E-state index contributed by atoms with van der Waals surface area (Å²) < 4.78 is 7.09. The lowest BCUT2D eigenvalue weighted by molar-refractivity contribution is 0.0774. The zero-order valence-corrected chi connectivity index (χ0v) is 13.9. The minimum atomic E-state index is 0.110. The number of carbonyl (C=O) groups excluding carboxylic acids is 1. The van der Waals surface area contributed by atoms with Crippen LogP contribution in [-0.2, 0) is 4.74 Å². The van der Waals surface area contributed by atoms with Crippen LogP contribution >= 0.6 is 38.5 Å². The van der Waals surface area contributed by atoms with Crippen LogP contribution in [0.5, 0.6) is 0 Å². The Hall–Kier alpha value is -0.140. The maximum atomic E-state index is 12.4. The Balaban J connectivity index is 2.10. The summed E-state index contributed by atoms with van der Waals surface area (Å²) in [6.07, 6.45) is 1.03. The molecule has 5 heteroatoms. The Kier molecular flexibility index (Phi) is 5.03. The van der Waals surface area contributed by atoms with Crippen LogP contribution in [0, 0.1) is 9.49 Å². The first-order valence-electron chi connectivity index (χ1n) is 5.85. The highest BCUT2D eigenvalue weighted by Crippen LogP contribution is 2.24. The van der Waals surface area contributed by atoms with Gasteiger partial charge in [-0.3, -0.25) is 4.79 Å². The minimum Gasteiger partial charge on any atom is -0.384 e. The van der Waals surface area contributed by atoms with E-state index in [0.29, 0.717) is 5.92 Å². The lowest BCUT2D eigenvalue weighted by atomic mass is 10.1. The topological polar surface area (TPSA) is 29.5 Å². The Morgan fingerprint density at radius 2 is 2.39 bits per heavy atom. The number of hydrogen-bond acceptors (Lipinski definition) is 2. The highest BCUT2D eigenvalue weighted by Gasteiger charge is 2.27. The number of halogens is 2. The second-order valence-corrected chi connectivity index (χ2v) is 6.59. The van der Waals surface area contributed by atoms with E-state index in [1.165, 1.54) is 0 Å². The van der Waals surface area contributed by atoms with Gasteiger partial charge in [-0.1, -0.05) is 0 Å². The summed E-state index contributed by atoms with van der Waals surface area (Å²) in [5.74, 6) is 0.583. The lowest BCUT2D eigenvalue weighted by Gasteiger charge is -2.17. The number of benzene rings is 1. The van der Waals surface area contributed by atoms with Crippen LogP contribution < -0.4 is 0 Å². The summed E-state index contributed by atoms with van der Waals surface area (Å²) in [4.78, 5) is 14.3. The Morgan fingerprint density at radius 1 is 1.61 bits per heavy atom. The average Bonchev–Trinajstić information content (AvgIpc) is 2.80. The van der Waals surface area contributed by atoms with Crippen LogP contribution in [0.2, 0.25) is 0 Å². The van der Waals surface area contributed by atoms with Gasteiger partial charge in [0, 0.05) is 34.2 Å². The highest BCUT2D eigenvalue weighted by atomic mass is 127. The SMILES string of the molecule is COCC1CCN(C(=O)c2cc(I)ccc2Br)C1. The number of rotatable bonds is 3. The zero-order valence-electron chi connectivity index (χ0n) is 10.2. The van der Waals surface area contributed by atoms with Crippen LogP contribution in [0.1, 0.15) is 16.8 Å². The summed E-state index contributed by atoms with van der Waals surface area (Å²) in [7, 11) is 1.71. The molecule has 1 atom stereocenters. The molecule has 18 heavy (non-hydrogen) atoms. The van der Waals surface area contributed by atoms with Gasteiger partial charge in [-0.25, -0.2) is 0 Å². The van der Waals surface area contributed by atoms with Crippen molar-refractivity contribution in [1.82, 2.24) is 4.90 Å². The zero-order chi connectivity index (χ0) is 13.1. The Morgan fingerprint density at radius 3 is 3.11 bits per heavy atom. The van der Waals surface area contributed by atoms with E-state index in [0.717, 1.165) is 39.7 Å². The summed E-state index contributed by atoms with van der Waals surface area (Å²) >= 11 is 5.67. The molecule has 1 fully saturated rings. The van der Waals surface area contributed by atoms with Crippen molar-refractivity contribution in [1.29, 1.82) is 0 Å².